The number of rotatable bonds is 2. The van der Waals surface area contributed by atoms with E-state index in [4.69, 9.17) is 5.73 Å². The molecular formula is C10H14FNO. The Labute approximate surface area is 77.2 Å². The number of aryl methyl sites for hydroxylation is 2. The number of phenolic OH excluding ortho intramolecular Hbond substituents is 1. The van der Waals surface area contributed by atoms with Crippen molar-refractivity contribution in [3.63, 3.8) is 0 Å². The molecule has 0 aromatic heterocycles. The third-order valence-corrected chi connectivity index (χ3v) is 2.12. The van der Waals surface area contributed by atoms with E-state index in [9.17, 15) is 9.50 Å². The quantitative estimate of drug-likeness (QED) is 0.736. The van der Waals surface area contributed by atoms with Crippen LogP contribution in [0.2, 0.25) is 0 Å². The average Bonchev–Trinajstić information content (AvgIpc) is 2.02. The van der Waals surface area contributed by atoms with E-state index in [0.29, 0.717) is 0 Å². The Hall–Kier alpha value is -1.09. The molecule has 0 unspecified atom stereocenters. The lowest BCUT2D eigenvalue weighted by molar-refractivity contribution is 0.433. The van der Waals surface area contributed by atoms with Crippen molar-refractivity contribution in [2.45, 2.75) is 19.9 Å². The largest absolute Gasteiger partial charge is 0.508 e. The fourth-order valence-electron chi connectivity index (χ4n) is 1.61. The smallest absolute Gasteiger partial charge is 0.116 e. The second-order valence-corrected chi connectivity index (χ2v) is 3.25. The Morgan fingerprint density at radius 3 is 2.23 bits per heavy atom. The van der Waals surface area contributed by atoms with Crippen molar-refractivity contribution in [3.05, 3.63) is 28.8 Å². The van der Waals surface area contributed by atoms with Crippen molar-refractivity contribution in [3.8, 4) is 5.75 Å². The standard InChI is InChI=1S/C10H14FNO/c1-6-3-8(13)4-7(2)10(6)9(12)5-11/h3-4,9,13H,5,12H2,1-2H3/t9-/m0/s1. The highest BCUT2D eigenvalue weighted by atomic mass is 19.1. The van der Waals surface area contributed by atoms with Gasteiger partial charge in [0.15, 0.2) is 0 Å². The van der Waals surface area contributed by atoms with Crippen LogP contribution in [0, 0.1) is 13.8 Å². The van der Waals surface area contributed by atoms with Gasteiger partial charge in [0, 0.05) is 0 Å². The van der Waals surface area contributed by atoms with E-state index in [1.54, 1.807) is 12.1 Å². The molecule has 0 aliphatic heterocycles. The molecule has 1 atom stereocenters. The lowest BCUT2D eigenvalue weighted by atomic mass is 9.97. The Morgan fingerprint density at radius 2 is 1.85 bits per heavy atom. The van der Waals surface area contributed by atoms with Crippen LogP contribution in [0.1, 0.15) is 22.7 Å². The predicted octanol–water partition coefficient (Wildman–Crippen LogP) is 1.98. The van der Waals surface area contributed by atoms with Gasteiger partial charge in [0.2, 0.25) is 0 Å². The number of alkyl halides is 1. The summed E-state index contributed by atoms with van der Waals surface area (Å²) in [4.78, 5) is 0. The zero-order valence-electron chi connectivity index (χ0n) is 7.84. The minimum atomic E-state index is -0.583. The van der Waals surface area contributed by atoms with Gasteiger partial charge in [-0.1, -0.05) is 0 Å². The number of nitrogens with two attached hydrogens (primary N) is 1. The number of benzene rings is 1. The zero-order chi connectivity index (χ0) is 10.0. The van der Waals surface area contributed by atoms with Gasteiger partial charge in [0.05, 0.1) is 6.04 Å². The van der Waals surface area contributed by atoms with Crippen LogP contribution < -0.4 is 5.73 Å². The molecule has 3 N–H and O–H groups in total. The summed E-state index contributed by atoms with van der Waals surface area (Å²) in [6.45, 7) is 3.06. The summed E-state index contributed by atoms with van der Waals surface area (Å²) in [5, 5.41) is 9.24. The molecule has 0 saturated carbocycles. The molecule has 0 heterocycles. The fourth-order valence-corrected chi connectivity index (χ4v) is 1.61. The minimum absolute atomic E-state index is 0.199. The molecule has 72 valence electrons. The van der Waals surface area contributed by atoms with Gasteiger partial charge < -0.3 is 10.8 Å². The van der Waals surface area contributed by atoms with Gasteiger partial charge in [-0.2, -0.15) is 0 Å². The first-order valence-electron chi connectivity index (χ1n) is 4.18. The molecule has 0 spiro atoms. The molecule has 0 fully saturated rings. The number of aromatic hydroxyl groups is 1. The summed E-state index contributed by atoms with van der Waals surface area (Å²) < 4.78 is 12.3. The second-order valence-electron chi connectivity index (χ2n) is 3.25. The molecular weight excluding hydrogens is 169 g/mol. The molecule has 0 aliphatic rings. The van der Waals surface area contributed by atoms with Gasteiger partial charge in [-0.15, -0.1) is 0 Å². The molecule has 0 bridgehead atoms. The van der Waals surface area contributed by atoms with Crippen LogP contribution in [0.25, 0.3) is 0 Å². The van der Waals surface area contributed by atoms with Crippen LogP contribution in [-0.2, 0) is 0 Å². The maximum Gasteiger partial charge on any atom is 0.116 e. The summed E-state index contributed by atoms with van der Waals surface area (Å²) in [6.07, 6.45) is 0. The molecule has 0 aliphatic carbocycles. The van der Waals surface area contributed by atoms with Crippen molar-refractivity contribution < 1.29 is 9.50 Å². The molecule has 2 nitrogen and oxygen atoms in total. The van der Waals surface area contributed by atoms with E-state index in [0.717, 1.165) is 16.7 Å². The Bertz CT molecular complexity index is 289. The maximum atomic E-state index is 12.3. The first kappa shape index (κ1) is 9.99. The van der Waals surface area contributed by atoms with Gasteiger partial charge in [-0.25, -0.2) is 4.39 Å². The van der Waals surface area contributed by atoms with E-state index in [1.807, 2.05) is 13.8 Å². The van der Waals surface area contributed by atoms with Crippen molar-refractivity contribution in [1.29, 1.82) is 0 Å². The lowest BCUT2D eigenvalue weighted by Gasteiger charge is -2.14. The van der Waals surface area contributed by atoms with E-state index in [-0.39, 0.29) is 5.75 Å². The summed E-state index contributed by atoms with van der Waals surface area (Å²) in [7, 11) is 0. The van der Waals surface area contributed by atoms with Crippen molar-refractivity contribution in [2.75, 3.05) is 6.67 Å². The summed E-state index contributed by atoms with van der Waals surface area (Å²) in [6, 6.07) is 2.61. The Kier molecular flexibility index (Phi) is 2.88. The molecule has 13 heavy (non-hydrogen) atoms. The first-order valence-corrected chi connectivity index (χ1v) is 4.18. The van der Waals surface area contributed by atoms with Crippen LogP contribution in [0.3, 0.4) is 0 Å². The monoisotopic (exact) mass is 183 g/mol. The molecule has 0 saturated heterocycles. The van der Waals surface area contributed by atoms with E-state index < -0.39 is 12.7 Å². The normalized spacial score (nSPS) is 12.9. The van der Waals surface area contributed by atoms with Crippen molar-refractivity contribution in [2.24, 2.45) is 5.73 Å². The zero-order valence-corrected chi connectivity index (χ0v) is 7.84. The van der Waals surface area contributed by atoms with Crippen LogP contribution >= 0.6 is 0 Å². The maximum absolute atomic E-state index is 12.3. The third-order valence-electron chi connectivity index (χ3n) is 2.12. The number of phenols is 1. The molecule has 1 rings (SSSR count). The molecule has 1 aromatic rings. The van der Waals surface area contributed by atoms with Gasteiger partial charge in [0.25, 0.3) is 0 Å². The van der Waals surface area contributed by atoms with Crippen LogP contribution in [0.5, 0.6) is 5.75 Å². The molecule has 3 heteroatoms. The van der Waals surface area contributed by atoms with E-state index in [2.05, 4.69) is 0 Å². The van der Waals surface area contributed by atoms with Crippen LogP contribution in [0.4, 0.5) is 4.39 Å². The van der Waals surface area contributed by atoms with E-state index in [1.165, 1.54) is 0 Å². The topological polar surface area (TPSA) is 46.2 Å². The summed E-state index contributed by atoms with van der Waals surface area (Å²) >= 11 is 0. The van der Waals surface area contributed by atoms with Gasteiger partial charge in [-0.05, 0) is 42.7 Å². The number of hydrogen-bond acceptors (Lipinski definition) is 2. The third kappa shape index (κ3) is 1.98. The Morgan fingerprint density at radius 1 is 1.38 bits per heavy atom. The predicted molar refractivity (Wildman–Crippen MR) is 50.5 cm³/mol. The highest BCUT2D eigenvalue weighted by molar-refractivity contribution is 5.42. The fraction of sp³-hybridized carbons (Fsp3) is 0.400. The van der Waals surface area contributed by atoms with Gasteiger partial charge in [0.1, 0.15) is 12.4 Å². The van der Waals surface area contributed by atoms with Crippen LogP contribution in [-0.4, -0.2) is 11.8 Å². The SMILES string of the molecule is Cc1cc(O)cc(C)c1[C@@H](N)CF. The first-order chi connectivity index (χ1) is 6.06. The number of hydrogen-bond donors (Lipinski definition) is 2. The summed E-state index contributed by atoms with van der Waals surface area (Å²) in [5.41, 5.74) is 8.05. The number of halogens is 1. The molecule has 1 aromatic carbocycles. The average molecular weight is 183 g/mol. The highest BCUT2D eigenvalue weighted by Crippen LogP contribution is 2.25. The molecule has 0 amide bonds. The van der Waals surface area contributed by atoms with Crippen LogP contribution in [0.15, 0.2) is 12.1 Å². The Balaban J connectivity index is 3.20. The van der Waals surface area contributed by atoms with Gasteiger partial charge in [-0.3, -0.25) is 0 Å². The second kappa shape index (κ2) is 3.75. The van der Waals surface area contributed by atoms with Crippen molar-refractivity contribution in [1.82, 2.24) is 0 Å². The summed E-state index contributed by atoms with van der Waals surface area (Å²) in [5.74, 6) is 0.199. The lowest BCUT2D eigenvalue weighted by Crippen LogP contribution is -2.15. The van der Waals surface area contributed by atoms with Gasteiger partial charge >= 0.3 is 0 Å². The van der Waals surface area contributed by atoms with Crippen molar-refractivity contribution >= 4 is 0 Å². The molecule has 0 radical (unpaired) electrons. The van der Waals surface area contributed by atoms with E-state index >= 15 is 0 Å². The highest BCUT2D eigenvalue weighted by Gasteiger charge is 2.12. The minimum Gasteiger partial charge on any atom is -0.508 e.